The number of hydrogen-bond donors (Lipinski definition) is 1. The topological polar surface area (TPSA) is 112 Å². The molecule has 1 atom stereocenters. The molecule has 28 heavy (non-hydrogen) atoms. The molecule has 150 valence electrons. The van der Waals surface area contributed by atoms with E-state index in [-0.39, 0.29) is 18.2 Å². The second kappa shape index (κ2) is 9.95. The lowest BCUT2D eigenvalue weighted by atomic mass is 9.94. The first-order valence-electron chi connectivity index (χ1n) is 8.72. The molecule has 1 aromatic carbocycles. The molecule has 1 heterocycles. The fraction of sp³-hybridized carbons (Fsp3) is 0.316. The van der Waals surface area contributed by atoms with E-state index in [1.54, 1.807) is 50.2 Å². The smallest absolute Gasteiger partial charge is 0.322 e. The molecule has 0 aliphatic rings. The van der Waals surface area contributed by atoms with Gasteiger partial charge in [-0.15, -0.1) is 0 Å². The van der Waals surface area contributed by atoms with Gasteiger partial charge >= 0.3 is 11.9 Å². The van der Waals surface area contributed by atoms with Crippen LogP contribution in [0.4, 0.5) is 0 Å². The highest BCUT2D eigenvalue weighted by Gasteiger charge is 2.41. The predicted molar refractivity (Wildman–Crippen MR) is 100 cm³/mol. The molecule has 0 spiro atoms. The fourth-order valence-electron chi connectivity index (χ4n) is 2.55. The van der Waals surface area contributed by atoms with Crippen LogP contribution in [-0.4, -0.2) is 38.6 Å². The van der Waals surface area contributed by atoms with E-state index in [0.717, 1.165) is 0 Å². The van der Waals surface area contributed by atoms with Gasteiger partial charge in [-0.3, -0.25) is 9.59 Å². The summed E-state index contributed by atoms with van der Waals surface area (Å²) in [5, 5.41) is -0.234. The molecule has 1 N–H and O–H groups in total. The van der Waals surface area contributed by atoms with Gasteiger partial charge < -0.3 is 9.47 Å². The van der Waals surface area contributed by atoms with Gasteiger partial charge in [0, 0.05) is 6.20 Å². The first-order chi connectivity index (χ1) is 13.4. The molecule has 0 radical (unpaired) electrons. The lowest BCUT2D eigenvalue weighted by molar-refractivity contribution is -0.163. The van der Waals surface area contributed by atoms with Crippen molar-refractivity contribution in [2.45, 2.75) is 24.9 Å². The minimum Gasteiger partial charge on any atom is -0.465 e. The van der Waals surface area contributed by atoms with Crippen molar-refractivity contribution in [3.05, 3.63) is 60.3 Å². The number of pyridine rings is 1. The Labute approximate surface area is 163 Å². The molecule has 2 aromatic rings. The molecular weight excluding hydrogens is 384 g/mol. The van der Waals surface area contributed by atoms with Crippen LogP contribution in [-0.2, 0) is 29.1 Å². The lowest BCUT2D eigenvalue weighted by Crippen LogP contribution is -2.42. The van der Waals surface area contributed by atoms with Crippen molar-refractivity contribution in [3.63, 3.8) is 0 Å². The van der Waals surface area contributed by atoms with E-state index in [1.165, 1.54) is 18.3 Å². The van der Waals surface area contributed by atoms with Crippen molar-refractivity contribution in [1.29, 1.82) is 0 Å². The van der Waals surface area contributed by atoms with E-state index in [0.29, 0.717) is 5.56 Å². The van der Waals surface area contributed by atoms with E-state index in [2.05, 4.69) is 9.71 Å². The van der Waals surface area contributed by atoms with E-state index in [1.807, 2.05) is 0 Å². The highest BCUT2D eigenvalue weighted by Crippen LogP contribution is 2.27. The Kier molecular flexibility index (Phi) is 7.65. The van der Waals surface area contributed by atoms with Crippen molar-refractivity contribution in [2.75, 3.05) is 13.2 Å². The third-order valence-corrected chi connectivity index (χ3v) is 5.12. The molecule has 0 aliphatic carbocycles. The summed E-state index contributed by atoms with van der Waals surface area (Å²) in [7, 11) is -4.13. The second-order valence-corrected chi connectivity index (χ2v) is 7.32. The van der Waals surface area contributed by atoms with Gasteiger partial charge in [-0.1, -0.05) is 36.4 Å². The molecule has 0 amide bonds. The molecule has 2 rings (SSSR count). The van der Waals surface area contributed by atoms with Crippen molar-refractivity contribution in [2.24, 2.45) is 5.92 Å². The van der Waals surface area contributed by atoms with Crippen LogP contribution in [0, 0.1) is 5.92 Å². The zero-order valence-electron chi connectivity index (χ0n) is 15.6. The maximum atomic E-state index is 12.8. The van der Waals surface area contributed by atoms with Gasteiger partial charge in [-0.05, 0) is 31.5 Å². The molecule has 0 unspecified atom stereocenters. The first kappa shape index (κ1) is 21.5. The van der Waals surface area contributed by atoms with E-state index >= 15 is 0 Å². The molecule has 9 heteroatoms. The first-order valence-corrected chi connectivity index (χ1v) is 10.2. The average Bonchev–Trinajstić information content (AvgIpc) is 2.69. The average molecular weight is 406 g/mol. The van der Waals surface area contributed by atoms with Crippen LogP contribution in [0.25, 0.3) is 0 Å². The Bertz CT molecular complexity index is 869. The number of nitrogens with zero attached hydrogens (tertiary/aromatic N) is 1. The third-order valence-electron chi connectivity index (χ3n) is 3.77. The molecule has 0 saturated carbocycles. The number of ether oxygens (including phenoxy) is 2. The lowest BCUT2D eigenvalue weighted by Gasteiger charge is -2.25. The Balaban J connectivity index is 2.50. The van der Waals surface area contributed by atoms with Gasteiger partial charge in [0.1, 0.15) is 0 Å². The van der Waals surface area contributed by atoms with E-state index in [9.17, 15) is 18.0 Å². The number of carbonyl (C=O) groups is 2. The van der Waals surface area contributed by atoms with Crippen LogP contribution in [0.2, 0.25) is 0 Å². The normalized spacial score (nSPS) is 12.4. The summed E-state index contributed by atoms with van der Waals surface area (Å²) in [5.74, 6) is -3.27. The summed E-state index contributed by atoms with van der Waals surface area (Å²) in [6.45, 7) is 3.25. The SMILES string of the molecule is CCOC(=O)C(C(=O)OCC)[C@H](NS(=O)(=O)c1ccccn1)c1ccccc1. The number of sulfonamides is 1. The van der Waals surface area contributed by atoms with Gasteiger partial charge in [0.15, 0.2) is 10.9 Å². The number of benzene rings is 1. The molecule has 0 fully saturated rings. The number of rotatable bonds is 9. The van der Waals surface area contributed by atoms with Gasteiger partial charge in [-0.2, -0.15) is 0 Å². The minimum absolute atomic E-state index is 0.0310. The van der Waals surface area contributed by atoms with E-state index < -0.39 is 33.9 Å². The minimum atomic E-state index is -4.13. The summed E-state index contributed by atoms with van der Waals surface area (Å²) >= 11 is 0. The highest BCUT2D eigenvalue weighted by molar-refractivity contribution is 7.89. The second-order valence-electron chi connectivity index (χ2n) is 5.66. The Morgan fingerprint density at radius 2 is 1.54 bits per heavy atom. The highest BCUT2D eigenvalue weighted by atomic mass is 32.2. The van der Waals surface area contributed by atoms with Gasteiger partial charge in [0.2, 0.25) is 0 Å². The summed E-state index contributed by atoms with van der Waals surface area (Å²) in [6.07, 6.45) is 1.33. The van der Waals surface area contributed by atoms with Crippen LogP contribution in [0.5, 0.6) is 0 Å². The number of nitrogens with one attached hydrogen (secondary N) is 1. The van der Waals surface area contributed by atoms with Crippen LogP contribution in [0.1, 0.15) is 25.5 Å². The summed E-state index contributed by atoms with van der Waals surface area (Å²) < 4.78 is 38.0. The fourth-order valence-corrected chi connectivity index (χ4v) is 3.74. The molecular formula is C19H22N2O6S. The number of hydrogen-bond acceptors (Lipinski definition) is 7. The molecule has 0 aliphatic heterocycles. The largest absolute Gasteiger partial charge is 0.465 e. The van der Waals surface area contributed by atoms with Crippen LogP contribution in [0.3, 0.4) is 0 Å². The van der Waals surface area contributed by atoms with E-state index in [4.69, 9.17) is 9.47 Å². The van der Waals surface area contributed by atoms with Crippen LogP contribution >= 0.6 is 0 Å². The van der Waals surface area contributed by atoms with Crippen molar-refractivity contribution >= 4 is 22.0 Å². The van der Waals surface area contributed by atoms with Crippen LogP contribution < -0.4 is 4.72 Å². The predicted octanol–water partition coefficient (Wildman–Crippen LogP) is 1.84. The van der Waals surface area contributed by atoms with Gasteiger partial charge in [0.05, 0.1) is 19.3 Å². The maximum Gasteiger partial charge on any atom is 0.322 e. The Hall–Kier alpha value is -2.78. The van der Waals surface area contributed by atoms with Crippen molar-refractivity contribution in [1.82, 2.24) is 9.71 Å². The Morgan fingerprint density at radius 1 is 0.964 bits per heavy atom. The third kappa shape index (κ3) is 5.37. The molecule has 1 aromatic heterocycles. The van der Waals surface area contributed by atoms with Crippen molar-refractivity contribution < 1.29 is 27.5 Å². The molecule has 8 nitrogen and oxygen atoms in total. The number of esters is 2. The maximum absolute atomic E-state index is 12.8. The standard InChI is InChI=1S/C19H22N2O6S/c1-3-26-18(22)16(19(23)27-4-2)17(14-10-6-5-7-11-14)21-28(24,25)15-12-8-9-13-20-15/h5-13,16-17,21H,3-4H2,1-2H3/t17-/m1/s1. The molecule has 0 saturated heterocycles. The van der Waals surface area contributed by atoms with Gasteiger partial charge in [-0.25, -0.2) is 18.1 Å². The Morgan fingerprint density at radius 3 is 2.04 bits per heavy atom. The van der Waals surface area contributed by atoms with Crippen LogP contribution in [0.15, 0.2) is 59.8 Å². The summed E-state index contributed by atoms with van der Waals surface area (Å²) in [4.78, 5) is 28.9. The van der Waals surface area contributed by atoms with Gasteiger partial charge in [0.25, 0.3) is 10.0 Å². The zero-order chi connectivity index (χ0) is 20.6. The quantitative estimate of drug-likeness (QED) is 0.499. The summed E-state index contributed by atoms with van der Waals surface area (Å²) in [5.41, 5.74) is 0.410. The summed E-state index contributed by atoms with van der Waals surface area (Å²) in [6, 6.07) is 11.5. The number of aromatic nitrogens is 1. The zero-order valence-corrected chi connectivity index (χ0v) is 16.4. The molecule has 0 bridgehead atoms. The van der Waals surface area contributed by atoms with Crippen molar-refractivity contribution in [3.8, 4) is 0 Å². The number of carbonyl (C=O) groups excluding carboxylic acids is 2. The monoisotopic (exact) mass is 406 g/mol.